The summed E-state index contributed by atoms with van der Waals surface area (Å²) in [5.74, 6) is -0.186. The average Bonchev–Trinajstić information content (AvgIpc) is 3.30. The lowest BCUT2D eigenvalue weighted by atomic mass is 9.90. The molecule has 0 spiro atoms. The zero-order valence-corrected chi connectivity index (χ0v) is 17.0. The number of aryl methyl sites for hydroxylation is 2. The summed E-state index contributed by atoms with van der Waals surface area (Å²) >= 11 is 7.51. The molecule has 2 aromatic rings. The summed E-state index contributed by atoms with van der Waals surface area (Å²) in [6, 6.07) is 9.70. The van der Waals surface area contributed by atoms with Gasteiger partial charge in [-0.05, 0) is 55.0 Å². The number of nitrogens with zero attached hydrogens (tertiary/aromatic N) is 1. The van der Waals surface area contributed by atoms with Crippen LogP contribution in [0.1, 0.15) is 34.9 Å². The lowest BCUT2D eigenvalue weighted by Crippen LogP contribution is -3.09. The number of quaternary nitrogens is 1. The summed E-state index contributed by atoms with van der Waals surface area (Å²) in [6.07, 6.45) is 3.30. The van der Waals surface area contributed by atoms with Crippen molar-refractivity contribution in [2.24, 2.45) is 0 Å². The monoisotopic (exact) mass is 404 g/mol. The zero-order chi connectivity index (χ0) is 19.2. The van der Waals surface area contributed by atoms with Crippen LogP contribution >= 0.6 is 22.9 Å². The highest BCUT2D eigenvalue weighted by molar-refractivity contribution is 7.16. The van der Waals surface area contributed by atoms with E-state index >= 15 is 0 Å². The largest absolute Gasteiger partial charge is 0.329 e. The molecule has 4 rings (SSSR count). The van der Waals surface area contributed by atoms with Crippen molar-refractivity contribution in [3.8, 4) is 0 Å². The third-order valence-corrected chi connectivity index (χ3v) is 6.71. The summed E-state index contributed by atoms with van der Waals surface area (Å²) in [4.78, 5) is 29.2. The van der Waals surface area contributed by atoms with E-state index in [0.717, 1.165) is 38.9 Å². The van der Waals surface area contributed by atoms with Gasteiger partial charge < -0.3 is 10.2 Å². The van der Waals surface area contributed by atoms with E-state index < -0.39 is 5.54 Å². The number of fused-ring (bicyclic) bond motifs is 1. The lowest BCUT2D eigenvalue weighted by molar-refractivity contribution is -0.900. The quantitative estimate of drug-likeness (QED) is 0.751. The molecule has 1 aromatic carbocycles. The number of benzene rings is 1. The molecule has 7 heteroatoms. The molecule has 0 radical (unpaired) electrons. The number of carbonyl (C=O) groups excluding carboxylic acids is 2. The van der Waals surface area contributed by atoms with Crippen LogP contribution in [-0.4, -0.2) is 30.6 Å². The number of hydrogen-bond donors (Lipinski definition) is 2. The fourth-order valence-electron chi connectivity index (χ4n) is 3.99. The third-order valence-electron chi connectivity index (χ3n) is 5.48. The van der Waals surface area contributed by atoms with Crippen molar-refractivity contribution in [2.75, 3.05) is 13.7 Å². The van der Waals surface area contributed by atoms with Crippen LogP contribution in [0, 0.1) is 0 Å². The maximum absolute atomic E-state index is 13.1. The molecule has 2 atom stereocenters. The highest BCUT2D eigenvalue weighted by Crippen LogP contribution is 2.32. The van der Waals surface area contributed by atoms with Gasteiger partial charge in [-0.3, -0.25) is 4.79 Å². The minimum absolute atomic E-state index is 0.186. The summed E-state index contributed by atoms with van der Waals surface area (Å²) in [7, 11) is 1.97. The summed E-state index contributed by atoms with van der Waals surface area (Å²) in [5, 5.41) is 2.92. The number of hydrogen-bond acceptors (Lipinski definition) is 3. The molecular formula is C20H23ClN3O2S+. The van der Waals surface area contributed by atoms with Gasteiger partial charge in [0, 0.05) is 0 Å². The molecule has 1 saturated heterocycles. The Kier molecular flexibility index (Phi) is 4.74. The van der Waals surface area contributed by atoms with E-state index in [4.69, 9.17) is 11.6 Å². The molecule has 27 heavy (non-hydrogen) atoms. The van der Waals surface area contributed by atoms with Gasteiger partial charge in [0.05, 0.1) is 16.3 Å². The van der Waals surface area contributed by atoms with E-state index in [1.807, 2.05) is 25.2 Å². The van der Waals surface area contributed by atoms with Gasteiger partial charge in [-0.15, -0.1) is 11.3 Å². The maximum atomic E-state index is 13.1. The molecule has 2 aliphatic rings. The molecule has 0 saturated carbocycles. The van der Waals surface area contributed by atoms with Gasteiger partial charge in [-0.2, -0.15) is 0 Å². The van der Waals surface area contributed by atoms with E-state index in [2.05, 4.69) is 17.4 Å². The Labute approximate surface area is 167 Å². The normalized spacial score (nSPS) is 22.9. The van der Waals surface area contributed by atoms with Gasteiger partial charge in [0.25, 0.3) is 5.91 Å². The van der Waals surface area contributed by atoms with Gasteiger partial charge in [0.1, 0.15) is 12.1 Å². The van der Waals surface area contributed by atoms with Crippen LogP contribution < -0.4 is 10.2 Å². The van der Waals surface area contributed by atoms with Crippen LogP contribution in [0.5, 0.6) is 0 Å². The molecule has 1 aliphatic heterocycles. The average molecular weight is 405 g/mol. The Morgan fingerprint density at radius 1 is 1.22 bits per heavy atom. The van der Waals surface area contributed by atoms with E-state index in [0.29, 0.717) is 13.2 Å². The molecule has 0 bridgehead atoms. The number of imide groups is 1. The molecule has 1 unspecified atom stereocenters. The number of amides is 3. The molecule has 1 aromatic heterocycles. The standard InChI is InChI=1S/C20H22ClN3O2S/c1-20(15-7-6-13-4-3-5-14(13)10-15)18(25)24(19(26)22-20)12-23(2)11-16-8-9-17(21)27-16/h6-10H,3-5,11-12H2,1-2H3,(H,22,26)/p+1/t20-/m1/s1. The Bertz CT molecular complexity index is 912. The first-order chi connectivity index (χ1) is 12.9. The van der Waals surface area contributed by atoms with Gasteiger partial charge in [-0.1, -0.05) is 29.8 Å². The van der Waals surface area contributed by atoms with Crippen molar-refractivity contribution in [3.05, 3.63) is 56.2 Å². The predicted octanol–water partition coefficient (Wildman–Crippen LogP) is 2.33. The molecule has 2 heterocycles. The van der Waals surface area contributed by atoms with Gasteiger partial charge >= 0.3 is 6.03 Å². The minimum Gasteiger partial charge on any atom is -0.319 e. The number of nitrogens with one attached hydrogen (secondary N) is 2. The number of carbonyl (C=O) groups is 2. The number of urea groups is 1. The van der Waals surface area contributed by atoms with Crippen LogP contribution in [0.2, 0.25) is 4.34 Å². The fourth-order valence-corrected chi connectivity index (χ4v) is 5.19. The minimum atomic E-state index is -0.999. The molecule has 2 N–H and O–H groups in total. The molecule has 3 amide bonds. The molecule has 142 valence electrons. The smallest absolute Gasteiger partial charge is 0.319 e. The first kappa shape index (κ1) is 18.5. The van der Waals surface area contributed by atoms with E-state index in [9.17, 15) is 9.59 Å². The molecule has 1 fully saturated rings. The SMILES string of the molecule is C[NH+](Cc1ccc(Cl)s1)CN1C(=O)N[C@](C)(c2ccc3c(c2)CCC3)C1=O. The number of rotatable bonds is 5. The highest BCUT2D eigenvalue weighted by atomic mass is 35.5. The number of thiophene rings is 1. The van der Waals surface area contributed by atoms with Crippen molar-refractivity contribution in [1.29, 1.82) is 0 Å². The second-order valence-electron chi connectivity index (χ2n) is 7.62. The van der Waals surface area contributed by atoms with Gasteiger partial charge in [-0.25, -0.2) is 9.69 Å². The highest BCUT2D eigenvalue weighted by Gasteiger charge is 2.50. The summed E-state index contributed by atoms with van der Waals surface area (Å²) < 4.78 is 0.747. The fraction of sp³-hybridized carbons (Fsp3) is 0.400. The number of halogens is 1. The second-order valence-corrected chi connectivity index (χ2v) is 9.42. The Morgan fingerprint density at radius 2 is 2.00 bits per heavy atom. The Morgan fingerprint density at radius 3 is 2.74 bits per heavy atom. The Hall–Kier alpha value is -1.89. The molecule has 5 nitrogen and oxygen atoms in total. The molecule has 1 aliphatic carbocycles. The lowest BCUT2D eigenvalue weighted by Gasteiger charge is -2.24. The van der Waals surface area contributed by atoms with Gasteiger partial charge in [0.15, 0.2) is 6.67 Å². The van der Waals surface area contributed by atoms with Crippen LogP contribution in [0.25, 0.3) is 0 Å². The zero-order valence-electron chi connectivity index (χ0n) is 15.5. The second kappa shape index (κ2) is 6.93. The first-order valence-electron chi connectivity index (χ1n) is 9.19. The van der Waals surface area contributed by atoms with Crippen LogP contribution in [0.4, 0.5) is 4.79 Å². The van der Waals surface area contributed by atoms with Crippen molar-refractivity contribution in [3.63, 3.8) is 0 Å². The van der Waals surface area contributed by atoms with Crippen molar-refractivity contribution >= 4 is 34.9 Å². The Balaban J connectivity index is 1.51. The van der Waals surface area contributed by atoms with Crippen molar-refractivity contribution in [1.82, 2.24) is 10.2 Å². The van der Waals surface area contributed by atoms with Crippen molar-refractivity contribution < 1.29 is 14.5 Å². The predicted molar refractivity (Wildman–Crippen MR) is 106 cm³/mol. The molecular weight excluding hydrogens is 382 g/mol. The topological polar surface area (TPSA) is 53.9 Å². The van der Waals surface area contributed by atoms with Crippen molar-refractivity contribution in [2.45, 2.75) is 38.3 Å². The first-order valence-corrected chi connectivity index (χ1v) is 10.4. The maximum Gasteiger partial charge on any atom is 0.329 e. The van der Waals surface area contributed by atoms with E-state index in [-0.39, 0.29) is 11.9 Å². The van der Waals surface area contributed by atoms with Gasteiger partial charge in [0.2, 0.25) is 0 Å². The van der Waals surface area contributed by atoms with Crippen LogP contribution in [-0.2, 0) is 29.7 Å². The van der Waals surface area contributed by atoms with Crippen LogP contribution in [0.3, 0.4) is 0 Å². The van der Waals surface area contributed by atoms with E-state index in [1.54, 1.807) is 6.92 Å². The third kappa shape index (κ3) is 3.37. The summed E-state index contributed by atoms with van der Waals surface area (Å²) in [5.41, 5.74) is 2.52. The van der Waals surface area contributed by atoms with Crippen LogP contribution in [0.15, 0.2) is 30.3 Å². The van der Waals surface area contributed by atoms with E-state index in [1.165, 1.54) is 27.4 Å². The summed E-state index contributed by atoms with van der Waals surface area (Å²) in [6.45, 7) is 2.84.